The third-order valence-electron chi connectivity index (χ3n) is 3.57. The molecule has 0 aliphatic heterocycles. The molecular formula is C18H16O5. The summed E-state index contributed by atoms with van der Waals surface area (Å²) in [6, 6.07) is 10.1. The first-order valence-electron chi connectivity index (χ1n) is 7.44. The Hall–Kier alpha value is -2.82. The molecule has 0 saturated heterocycles. The number of hydrogen-bond acceptors (Lipinski definition) is 4. The van der Waals surface area contributed by atoms with Gasteiger partial charge in [-0.25, -0.2) is 0 Å². The summed E-state index contributed by atoms with van der Waals surface area (Å²) in [6.07, 6.45) is 0.627. The van der Waals surface area contributed by atoms with Gasteiger partial charge < -0.3 is 14.3 Å². The molecule has 0 aliphatic rings. The molecule has 0 radical (unpaired) electrons. The van der Waals surface area contributed by atoms with Gasteiger partial charge in [0.2, 0.25) is 5.43 Å². The van der Waals surface area contributed by atoms with E-state index in [0.717, 1.165) is 6.42 Å². The largest absolute Gasteiger partial charge is 0.490 e. The highest BCUT2D eigenvalue weighted by Gasteiger charge is 2.15. The maximum Gasteiger partial charge on any atom is 0.307 e. The van der Waals surface area contributed by atoms with Gasteiger partial charge in [0.25, 0.3) is 0 Å². The van der Waals surface area contributed by atoms with Gasteiger partial charge in [0.05, 0.1) is 23.8 Å². The molecule has 5 heteroatoms. The van der Waals surface area contributed by atoms with Crippen molar-refractivity contribution in [3.05, 3.63) is 52.2 Å². The highest BCUT2D eigenvalue weighted by atomic mass is 16.5. The third kappa shape index (κ3) is 2.77. The lowest BCUT2D eigenvalue weighted by Crippen LogP contribution is -2.07. The van der Waals surface area contributed by atoms with Crippen LogP contribution in [0.25, 0.3) is 21.9 Å². The van der Waals surface area contributed by atoms with E-state index in [1.807, 2.05) is 6.92 Å². The minimum Gasteiger partial charge on any atom is -0.490 e. The van der Waals surface area contributed by atoms with Crippen LogP contribution < -0.4 is 10.2 Å². The number of carboxylic acid groups (broad SMARTS) is 1. The second-order valence-corrected chi connectivity index (χ2v) is 5.28. The van der Waals surface area contributed by atoms with Crippen LogP contribution in [0, 0.1) is 0 Å². The van der Waals surface area contributed by atoms with Crippen molar-refractivity contribution in [1.29, 1.82) is 0 Å². The van der Waals surface area contributed by atoms with E-state index in [1.54, 1.807) is 36.4 Å². The molecule has 2 aromatic carbocycles. The van der Waals surface area contributed by atoms with Gasteiger partial charge in [-0.1, -0.05) is 25.1 Å². The van der Waals surface area contributed by atoms with Crippen molar-refractivity contribution >= 4 is 27.9 Å². The Morgan fingerprint density at radius 3 is 2.52 bits per heavy atom. The maximum absolute atomic E-state index is 12.7. The molecule has 0 fully saturated rings. The van der Waals surface area contributed by atoms with E-state index in [9.17, 15) is 9.59 Å². The second kappa shape index (κ2) is 6.12. The molecule has 0 spiro atoms. The number of carboxylic acids is 1. The molecule has 1 N–H and O–H groups in total. The second-order valence-electron chi connectivity index (χ2n) is 5.28. The maximum atomic E-state index is 12.7. The molecule has 0 amide bonds. The van der Waals surface area contributed by atoms with E-state index in [2.05, 4.69) is 0 Å². The number of benzene rings is 2. The third-order valence-corrected chi connectivity index (χ3v) is 3.57. The van der Waals surface area contributed by atoms with Gasteiger partial charge in [-0.15, -0.1) is 0 Å². The molecule has 0 bridgehead atoms. The fraction of sp³-hybridized carbons (Fsp3) is 0.222. The molecule has 5 nitrogen and oxygen atoms in total. The van der Waals surface area contributed by atoms with Crippen molar-refractivity contribution in [1.82, 2.24) is 0 Å². The number of para-hydroxylation sites is 2. The summed E-state index contributed by atoms with van der Waals surface area (Å²) in [6.45, 7) is 2.50. The van der Waals surface area contributed by atoms with Crippen molar-refractivity contribution in [2.24, 2.45) is 0 Å². The van der Waals surface area contributed by atoms with Crippen LogP contribution in [0.15, 0.2) is 45.6 Å². The molecule has 3 rings (SSSR count). The van der Waals surface area contributed by atoms with Crippen LogP contribution >= 0.6 is 0 Å². The first kappa shape index (κ1) is 15.1. The zero-order valence-electron chi connectivity index (χ0n) is 12.7. The lowest BCUT2D eigenvalue weighted by molar-refractivity contribution is -0.136. The van der Waals surface area contributed by atoms with E-state index >= 15 is 0 Å². The van der Waals surface area contributed by atoms with Crippen LogP contribution in [0.2, 0.25) is 0 Å². The van der Waals surface area contributed by atoms with Crippen LogP contribution in [0.5, 0.6) is 5.75 Å². The Morgan fingerprint density at radius 2 is 1.83 bits per heavy atom. The number of fused-ring (bicyclic) bond motifs is 2. The van der Waals surface area contributed by atoms with Crippen molar-refractivity contribution in [3.63, 3.8) is 0 Å². The minimum absolute atomic E-state index is 0.185. The molecular weight excluding hydrogens is 296 g/mol. The van der Waals surface area contributed by atoms with Gasteiger partial charge >= 0.3 is 5.97 Å². The van der Waals surface area contributed by atoms with E-state index in [1.165, 1.54) is 0 Å². The first-order valence-corrected chi connectivity index (χ1v) is 7.44. The molecule has 0 aliphatic carbocycles. The number of aliphatic carboxylic acids is 1. The van der Waals surface area contributed by atoms with Crippen molar-refractivity contribution in [3.8, 4) is 5.75 Å². The molecule has 1 aromatic heterocycles. The lowest BCUT2D eigenvalue weighted by atomic mass is 10.1. The summed E-state index contributed by atoms with van der Waals surface area (Å²) in [5, 5.41) is 9.84. The number of ether oxygens (including phenoxy) is 1. The first-order chi connectivity index (χ1) is 11.1. The Morgan fingerprint density at radius 1 is 1.13 bits per heavy atom. The number of hydrogen-bond donors (Lipinski definition) is 1. The Kier molecular flexibility index (Phi) is 4.02. The molecule has 0 saturated carbocycles. The number of carbonyl (C=O) groups is 1. The summed E-state index contributed by atoms with van der Waals surface area (Å²) in [7, 11) is 0. The van der Waals surface area contributed by atoms with Crippen molar-refractivity contribution in [2.45, 2.75) is 19.8 Å². The van der Waals surface area contributed by atoms with Gasteiger partial charge in [0, 0.05) is 5.56 Å². The smallest absolute Gasteiger partial charge is 0.307 e. The monoisotopic (exact) mass is 312 g/mol. The van der Waals surface area contributed by atoms with Crippen molar-refractivity contribution in [2.75, 3.05) is 6.61 Å². The standard InChI is InChI=1S/C18H16O5/c1-2-9-22-14-8-4-7-13-16(21)12-6-3-5-11(10-15(19)20)17(12)23-18(13)14/h3-8H,2,9-10H2,1H3,(H,19,20). The zero-order chi connectivity index (χ0) is 16.4. The summed E-state index contributed by atoms with van der Waals surface area (Å²) >= 11 is 0. The average Bonchev–Trinajstić information content (AvgIpc) is 2.53. The highest BCUT2D eigenvalue weighted by Crippen LogP contribution is 2.28. The molecule has 0 unspecified atom stereocenters. The topological polar surface area (TPSA) is 76.7 Å². The molecule has 3 aromatic rings. The van der Waals surface area contributed by atoms with Crippen LogP contribution in [-0.2, 0) is 11.2 Å². The van der Waals surface area contributed by atoms with Gasteiger partial charge in [-0.3, -0.25) is 9.59 Å². The van der Waals surface area contributed by atoms with Gasteiger partial charge in [0.15, 0.2) is 11.3 Å². The summed E-state index contributed by atoms with van der Waals surface area (Å²) in [5.74, 6) is -0.482. The average molecular weight is 312 g/mol. The predicted octanol–water partition coefficient (Wildman–Crippen LogP) is 3.36. The summed E-state index contributed by atoms with van der Waals surface area (Å²) in [4.78, 5) is 23.7. The quantitative estimate of drug-likeness (QED) is 0.731. The lowest BCUT2D eigenvalue weighted by Gasteiger charge is -2.09. The van der Waals surface area contributed by atoms with Crippen LogP contribution in [0.4, 0.5) is 0 Å². The van der Waals surface area contributed by atoms with Crippen LogP contribution in [0.3, 0.4) is 0 Å². The van der Waals surface area contributed by atoms with Gasteiger partial charge in [-0.05, 0) is 24.6 Å². The van der Waals surface area contributed by atoms with E-state index in [-0.39, 0.29) is 11.8 Å². The van der Waals surface area contributed by atoms with E-state index < -0.39 is 5.97 Å². The normalized spacial score (nSPS) is 11.0. The van der Waals surface area contributed by atoms with Gasteiger partial charge in [0.1, 0.15) is 5.58 Å². The van der Waals surface area contributed by atoms with E-state index in [0.29, 0.717) is 39.9 Å². The molecule has 0 atom stereocenters. The van der Waals surface area contributed by atoms with E-state index in [4.69, 9.17) is 14.3 Å². The number of rotatable bonds is 5. The fourth-order valence-corrected chi connectivity index (χ4v) is 2.56. The fourth-order valence-electron chi connectivity index (χ4n) is 2.56. The SMILES string of the molecule is CCCOc1cccc2c(=O)c3cccc(CC(=O)O)c3oc12. The van der Waals surface area contributed by atoms with Crippen LogP contribution in [0.1, 0.15) is 18.9 Å². The highest BCUT2D eigenvalue weighted by molar-refractivity contribution is 5.94. The van der Waals surface area contributed by atoms with Crippen LogP contribution in [-0.4, -0.2) is 17.7 Å². The Labute approximate surface area is 132 Å². The molecule has 23 heavy (non-hydrogen) atoms. The Balaban J connectivity index is 2.32. The molecule has 1 heterocycles. The van der Waals surface area contributed by atoms with Crippen molar-refractivity contribution < 1.29 is 19.1 Å². The van der Waals surface area contributed by atoms with Gasteiger partial charge in [-0.2, -0.15) is 0 Å². The minimum atomic E-state index is -0.976. The zero-order valence-corrected chi connectivity index (χ0v) is 12.7. The Bertz CT molecular complexity index is 939. The summed E-state index contributed by atoms with van der Waals surface area (Å²) in [5.41, 5.74) is 0.950. The summed E-state index contributed by atoms with van der Waals surface area (Å²) < 4.78 is 11.5. The predicted molar refractivity (Wildman–Crippen MR) is 87.1 cm³/mol. The molecule has 118 valence electrons.